The van der Waals surface area contributed by atoms with Crippen molar-refractivity contribution in [2.75, 3.05) is 19.6 Å². The van der Waals surface area contributed by atoms with Crippen LogP contribution in [0.4, 0.5) is 0 Å². The van der Waals surface area contributed by atoms with Gasteiger partial charge in [0.05, 0.1) is 11.5 Å². The summed E-state index contributed by atoms with van der Waals surface area (Å²) in [5, 5.41) is 7.83. The van der Waals surface area contributed by atoms with E-state index in [4.69, 9.17) is 4.52 Å². The van der Waals surface area contributed by atoms with E-state index in [0.717, 1.165) is 24.9 Å². The normalized spacial score (nSPS) is 21.1. The number of aromatic nitrogens is 2. The topological polar surface area (TPSA) is 79.5 Å². The van der Waals surface area contributed by atoms with Crippen LogP contribution in [0.5, 0.6) is 0 Å². The first-order valence-electron chi connectivity index (χ1n) is 8.05. The highest BCUT2D eigenvalue weighted by atomic mass is 32.1. The lowest BCUT2D eigenvalue weighted by atomic mass is 9.98. The summed E-state index contributed by atoms with van der Waals surface area (Å²) in [5.74, 6) is 1.34. The van der Waals surface area contributed by atoms with Crippen LogP contribution in [-0.2, 0) is 4.79 Å². The molecule has 0 bridgehead atoms. The van der Waals surface area contributed by atoms with Crippen molar-refractivity contribution >= 4 is 23.2 Å². The average molecular weight is 346 g/mol. The Morgan fingerprint density at radius 2 is 2.21 bits per heavy atom. The fourth-order valence-electron chi connectivity index (χ4n) is 3.33. The fourth-order valence-corrected chi connectivity index (χ4v) is 3.95. The van der Waals surface area contributed by atoms with Gasteiger partial charge < -0.3 is 14.3 Å². The minimum atomic E-state index is -0.104. The first-order valence-corrected chi connectivity index (χ1v) is 9.00. The van der Waals surface area contributed by atoms with Crippen LogP contribution < -0.4 is 0 Å². The Morgan fingerprint density at radius 3 is 2.92 bits per heavy atom. The minimum absolute atomic E-state index is 0.0356. The second-order valence-electron chi connectivity index (χ2n) is 6.28. The molecule has 7 nitrogen and oxygen atoms in total. The standard InChI is InChI=1S/C16H18N4O3S/c1-10(21)20-5-2-3-13(20)15-17-14(18-23-15)12-7-19(8-12)16(22)11-4-6-24-9-11/h4,6,9,12-13H,2-3,5,7-8H2,1H3. The van der Waals surface area contributed by atoms with Crippen molar-refractivity contribution in [3.63, 3.8) is 0 Å². The SMILES string of the molecule is CC(=O)N1CCCC1c1nc(C2CN(C(=O)c3ccsc3)C2)no1. The Bertz CT molecular complexity index is 751. The molecule has 0 N–H and O–H groups in total. The number of thiophene rings is 1. The predicted octanol–water partition coefficient (Wildman–Crippen LogP) is 2.05. The maximum absolute atomic E-state index is 12.2. The van der Waals surface area contributed by atoms with Gasteiger partial charge in [-0.25, -0.2) is 0 Å². The monoisotopic (exact) mass is 346 g/mol. The number of likely N-dealkylation sites (tertiary alicyclic amines) is 2. The molecular weight excluding hydrogens is 328 g/mol. The molecule has 0 saturated carbocycles. The molecule has 2 aliphatic rings. The van der Waals surface area contributed by atoms with E-state index in [1.807, 2.05) is 16.8 Å². The Hall–Kier alpha value is -2.22. The third-order valence-corrected chi connectivity index (χ3v) is 5.39. The molecule has 4 heterocycles. The molecule has 2 aromatic rings. The number of carbonyl (C=O) groups excluding carboxylic acids is 2. The molecule has 24 heavy (non-hydrogen) atoms. The Labute approximate surface area is 143 Å². The molecule has 2 fully saturated rings. The third kappa shape index (κ3) is 2.60. The highest BCUT2D eigenvalue weighted by Crippen LogP contribution is 2.33. The van der Waals surface area contributed by atoms with Gasteiger partial charge >= 0.3 is 0 Å². The van der Waals surface area contributed by atoms with Crippen molar-refractivity contribution in [1.29, 1.82) is 0 Å². The van der Waals surface area contributed by atoms with Crippen molar-refractivity contribution < 1.29 is 14.1 Å². The minimum Gasteiger partial charge on any atom is -0.337 e. The van der Waals surface area contributed by atoms with Crippen LogP contribution in [0.25, 0.3) is 0 Å². The van der Waals surface area contributed by atoms with Gasteiger partial charge in [-0.1, -0.05) is 5.16 Å². The zero-order valence-electron chi connectivity index (χ0n) is 13.3. The molecule has 2 amide bonds. The van der Waals surface area contributed by atoms with E-state index >= 15 is 0 Å². The lowest BCUT2D eigenvalue weighted by molar-refractivity contribution is -0.130. The average Bonchev–Trinajstić information content (AvgIpc) is 3.26. The van der Waals surface area contributed by atoms with E-state index in [1.165, 1.54) is 11.3 Å². The van der Waals surface area contributed by atoms with Gasteiger partial charge in [0.25, 0.3) is 5.91 Å². The molecule has 0 aromatic carbocycles. The van der Waals surface area contributed by atoms with Crippen LogP contribution in [0, 0.1) is 0 Å². The molecule has 0 aliphatic carbocycles. The van der Waals surface area contributed by atoms with Crippen LogP contribution in [0.3, 0.4) is 0 Å². The van der Waals surface area contributed by atoms with Gasteiger partial charge in [0, 0.05) is 31.9 Å². The maximum Gasteiger partial charge on any atom is 0.254 e. The van der Waals surface area contributed by atoms with Crippen molar-refractivity contribution in [3.8, 4) is 0 Å². The second-order valence-corrected chi connectivity index (χ2v) is 7.06. The summed E-state index contributed by atoms with van der Waals surface area (Å²) >= 11 is 1.52. The zero-order chi connectivity index (χ0) is 16.7. The van der Waals surface area contributed by atoms with Crippen LogP contribution in [0.2, 0.25) is 0 Å². The van der Waals surface area contributed by atoms with E-state index < -0.39 is 0 Å². The molecule has 4 rings (SSSR count). The first-order chi connectivity index (χ1) is 11.6. The van der Waals surface area contributed by atoms with E-state index in [9.17, 15) is 9.59 Å². The number of hydrogen-bond donors (Lipinski definition) is 0. The van der Waals surface area contributed by atoms with Crippen molar-refractivity contribution in [2.45, 2.75) is 31.7 Å². The van der Waals surface area contributed by atoms with Crippen molar-refractivity contribution in [1.82, 2.24) is 19.9 Å². The summed E-state index contributed by atoms with van der Waals surface area (Å²) in [6, 6.07) is 1.73. The largest absolute Gasteiger partial charge is 0.337 e. The molecule has 1 atom stereocenters. The molecular formula is C16H18N4O3S. The summed E-state index contributed by atoms with van der Waals surface area (Å²) in [6.45, 7) is 3.52. The summed E-state index contributed by atoms with van der Waals surface area (Å²) in [7, 11) is 0. The summed E-state index contributed by atoms with van der Waals surface area (Å²) in [4.78, 5) is 32.0. The van der Waals surface area contributed by atoms with Gasteiger partial charge in [0.15, 0.2) is 5.82 Å². The number of amides is 2. The number of rotatable bonds is 3. The van der Waals surface area contributed by atoms with E-state index in [-0.39, 0.29) is 23.8 Å². The molecule has 0 radical (unpaired) electrons. The first kappa shape index (κ1) is 15.3. The summed E-state index contributed by atoms with van der Waals surface area (Å²) < 4.78 is 5.40. The molecule has 126 valence electrons. The Morgan fingerprint density at radius 1 is 1.38 bits per heavy atom. The molecule has 2 aliphatic heterocycles. The van der Waals surface area contributed by atoms with Gasteiger partial charge in [-0.2, -0.15) is 16.3 Å². The van der Waals surface area contributed by atoms with Gasteiger partial charge in [0.2, 0.25) is 11.8 Å². The fraction of sp³-hybridized carbons (Fsp3) is 0.500. The van der Waals surface area contributed by atoms with Crippen LogP contribution >= 0.6 is 11.3 Å². The van der Waals surface area contributed by atoms with Crippen LogP contribution in [-0.4, -0.2) is 51.4 Å². The van der Waals surface area contributed by atoms with Gasteiger partial charge in [-0.3, -0.25) is 9.59 Å². The molecule has 8 heteroatoms. The molecule has 1 unspecified atom stereocenters. The number of hydrogen-bond acceptors (Lipinski definition) is 6. The van der Waals surface area contributed by atoms with Crippen LogP contribution in [0.15, 0.2) is 21.3 Å². The lowest BCUT2D eigenvalue weighted by Gasteiger charge is -2.37. The lowest BCUT2D eigenvalue weighted by Crippen LogP contribution is -2.48. The summed E-state index contributed by atoms with van der Waals surface area (Å²) in [6.07, 6.45) is 1.81. The van der Waals surface area contributed by atoms with Crippen LogP contribution in [0.1, 0.15) is 53.8 Å². The zero-order valence-corrected chi connectivity index (χ0v) is 14.2. The molecule has 2 aromatic heterocycles. The van der Waals surface area contributed by atoms with Gasteiger partial charge in [0.1, 0.15) is 6.04 Å². The number of carbonyl (C=O) groups is 2. The molecule has 2 saturated heterocycles. The van der Waals surface area contributed by atoms with E-state index in [0.29, 0.717) is 24.8 Å². The molecule has 0 spiro atoms. The number of nitrogens with zero attached hydrogens (tertiary/aromatic N) is 4. The van der Waals surface area contributed by atoms with Gasteiger partial charge in [-0.15, -0.1) is 0 Å². The third-order valence-electron chi connectivity index (χ3n) is 4.70. The van der Waals surface area contributed by atoms with Crippen molar-refractivity contribution in [3.05, 3.63) is 34.1 Å². The Balaban J connectivity index is 1.40. The van der Waals surface area contributed by atoms with E-state index in [2.05, 4.69) is 10.1 Å². The predicted molar refractivity (Wildman–Crippen MR) is 86.6 cm³/mol. The smallest absolute Gasteiger partial charge is 0.254 e. The quantitative estimate of drug-likeness (QED) is 0.850. The van der Waals surface area contributed by atoms with E-state index in [1.54, 1.807) is 16.7 Å². The highest BCUT2D eigenvalue weighted by Gasteiger charge is 2.37. The second kappa shape index (κ2) is 6.01. The van der Waals surface area contributed by atoms with Crippen molar-refractivity contribution in [2.24, 2.45) is 0 Å². The van der Waals surface area contributed by atoms with Gasteiger partial charge in [-0.05, 0) is 24.3 Å². The Kier molecular flexibility index (Phi) is 3.84. The summed E-state index contributed by atoms with van der Waals surface area (Å²) in [5.41, 5.74) is 0.732. The maximum atomic E-state index is 12.2. The highest BCUT2D eigenvalue weighted by molar-refractivity contribution is 7.08.